The van der Waals surface area contributed by atoms with Crippen molar-refractivity contribution in [1.82, 2.24) is 10.1 Å². The van der Waals surface area contributed by atoms with Crippen LogP contribution in [0.25, 0.3) is 21.5 Å². The van der Waals surface area contributed by atoms with E-state index in [2.05, 4.69) is 8.57 Å². The molecule has 338 valence electrons. The van der Waals surface area contributed by atoms with Crippen LogP contribution >= 0.6 is 47.6 Å². The molecule has 2 aliphatic heterocycles. The second-order valence-corrected chi connectivity index (χ2v) is 16.9. The standard InChI is InChI=1S/C19H12F9NO4S2.C16H12F3NO3S2.C2H6/c1-2-8-34-12-7-6-11-13-9(12)4-3-5-10(13)14(30)29(15(11)31)33-35-19(26,27)17(22,32-28)16(20,21)18(23,24)25;1-8(2)24-12-7-6-11-13-9(12)4-3-5-10(13)14(21)20(15(11)22)23-25-16(17,18)19;1-2/h3-7H,2,8H2,1H3;3-8H,1-2H3;1-2H3. The summed E-state index contributed by atoms with van der Waals surface area (Å²) in [5, 5.41) is -4.32. The highest BCUT2D eigenvalue weighted by atomic mass is 32.2. The third-order valence-electron chi connectivity index (χ3n) is 8.15. The molecule has 2 heterocycles. The summed E-state index contributed by atoms with van der Waals surface area (Å²) < 4.78 is 164. The van der Waals surface area contributed by atoms with E-state index in [0.717, 1.165) is 16.7 Å². The second-order valence-electron chi connectivity index (χ2n) is 12.5. The predicted molar refractivity (Wildman–Crippen MR) is 208 cm³/mol. The monoisotopic (exact) mass is 970 g/mol. The third-order valence-corrected chi connectivity index (χ3v) is 11.6. The number of carbonyl (C=O) groups is 4. The molecule has 0 bridgehead atoms. The van der Waals surface area contributed by atoms with Gasteiger partial charge in [-0.3, -0.25) is 19.2 Å². The molecule has 6 rings (SSSR count). The number of nitrogens with zero attached hydrogens (tertiary/aromatic N) is 2. The number of rotatable bonds is 13. The number of hydrogen-bond donors (Lipinski definition) is 0. The van der Waals surface area contributed by atoms with Crippen LogP contribution in [0.5, 0.6) is 0 Å². The zero-order valence-electron chi connectivity index (χ0n) is 32.2. The van der Waals surface area contributed by atoms with Crippen LogP contribution in [0.15, 0.2) is 70.5 Å². The largest absolute Gasteiger partial charge is 0.470 e. The van der Waals surface area contributed by atoms with Crippen molar-refractivity contribution < 1.29 is 85.5 Å². The second kappa shape index (κ2) is 19.5. The Labute approximate surface area is 360 Å². The molecule has 0 N–H and O–H groups in total. The van der Waals surface area contributed by atoms with Crippen LogP contribution in [0.3, 0.4) is 0 Å². The first-order valence-electron chi connectivity index (χ1n) is 17.6. The minimum atomic E-state index is -7.06. The molecule has 4 aromatic carbocycles. The molecule has 0 fully saturated rings. The number of halogens is 12. The molecule has 0 saturated heterocycles. The van der Waals surface area contributed by atoms with Gasteiger partial charge in [-0.2, -0.15) is 56.9 Å². The van der Waals surface area contributed by atoms with Crippen LogP contribution in [0.4, 0.5) is 52.8 Å². The summed E-state index contributed by atoms with van der Waals surface area (Å²) in [7, 11) is 0. The Bertz CT molecular complexity index is 2310. The SMILES string of the molecule is CC.CC(C)Sc1ccc2c3c(cccc13)C(=O)N(OSC(F)(F)F)C2=O.CCCSc1ccc2c3c(cccc13)C(=O)N(OSC(F)(F)C(F)(OF)C(F)(F)C(F)(F)F)C2=O. The molecule has 0 aromatic heterocycles. The molecule has 9 nitrogen and oxygen atoms in total. The number of alkyl halides is 11. The van der Waals surface area contributed by atoms with Crippen LogP contribution in [0, 0.1) is 0 Å². The molecule has 2 aliphatic rings. The van der Waals surface area contributed by atoms with Gasteiger partial charge in [-0.05, 0) is 63.9 Å². The summed E-state index contributed by atoms with van der Waals surface area (Å²) in [6.45, 7) is 9.94. The fourth-order valence-electron chi connectivity index (χ4n) is 5.60. The van der Waals surface area contributed by atoms with Gasteiger partial charge in [0.15, 0.2) is 0 Å². The molecular formula is C37H30F12N2O7S4. The first-order chi connectivity index (χ1) is 28.8. The number of thioether (sulfide) groups is 2. The molecular weight excluding hydrogens is 941 g/mol. The van der Waals surface area contributed by atoms with Gasteiger partial charge in [-0.25, -0.2) is 0 Å². The Morgan fingerprint density at radius 1 is 0.613 bits per heavy atom. The quantitative estimate of drug-likeness (QED) is 0.0554. The fraction of sp³-hybridized carbons (Fsp3) is 0.351. The van der Waals surface area contributed by atoms with E-state index in [9.17, 15) is 72.0 Å². The van der Waals surface area contributed by atoms with Gasteiger partial charge in [-0.15, -0.1) is 38.6 Å². The Morgan fingerprint density at radius 3 is 1.44 bits per heavy atom. The minimum absolute atomic E-state index is 0.121. The lowest BCUT2D eigenvalue weighted by atomic mass is 9.95. The predicted octanol–water partition coefficient (Wildman–Crippen LogP) is 12.9. The van der Waals surface area contributed by atoms with E-state index >= 15 is 0 Å². The number of amides is 4. The molecule has 1 atom stereocenters. The first kappa shape index (κ1) is 50.8. The van der Waals surface area contributed by atoms with E-state index < -0.39 is 76.4 Å². The summed E-state index contributed by atoms with van der Waals surface area (Å²) in [6.07, 6.45) is -6.21. The van der Waals surface area contributed by atoms with E-state index in [-0.39, 0.29) is 43.0 Å². The van der Waals surface area contributed by atoms with Crippen LogP contribution in [0.2, 0.25) is 0 Å². The summed E-state index contributed by atoms with van der Waals surface area (Å²) in [6, 6.07) is 15.0. The van der Waals surface area contributed by atoms with Crippen molar-refractivity contribution in [3.63, 3.8) is 0 Å². The van der Waals surface area contributed by atoms with Gasteiger partial charge in [0.05, 0.1) is 22.3 Å². The van der Waals surface area contributed by atoms with Crippen LogP contribution in [-0.4, -0.2) is 73.5 Å². The summed E-state index contributed by atoms with van der Waals surface area (Å²) in [5.74, 6) is -17.6. The minimum Gasteiger partial charge on any atom is -0.266 e. The lowest BCUT2D eigenvalue weighted by Crippen LogP contribution is -2.63. The van der Waals surface area contributed by atoms with Crippen molar-refractivity contribution in [1.29, 1.82) is 0 Å². The zero-order valence-corrected chi connectivity index (χ0v) is 35.5. The van der Waals surface area contributed by atoms with Gasteiger partial charge in [0, 0.05) is 25.8 Å². The normalized spacial score (nSPS) is 15.5. The highest BCUT2D eigenvalue weighted by Crippen LogP contribution is 2.57. The highest BCUT2D eigenvalue weighted by Gasteiger charge is 2.84. The maximum atomic E-state index is 14.1. The number of benzene rings is 4. The van der Waals surface area contributed by atoms with Crippen molar-refractivity contribution in [2.24, 2.45) is 0 Å². The lowest BCUT2D eigenvalue weighted by Gasteiger charge is -2.35. The Morgan fingerprint density at radius 2 is 1.03 bits per heavy atom. The van der Waals surface area contributed by atoms with E-state index in [4.69, 9.17) is 0 Å². The number of hydroxylamine groups is 4. The molecule has 0 saturated carbocycles. The van der Waals surface area contributed by atoms with Crippen molar-refractivity contribution in [2.45, 2.75) is 84.8 Å². The van der Waals surface area contributed by atoms with Gasteiger partial charge < -0.3 is 0 Å². The maximum Gasteiger partial charge on any atom is 0.470 e. The van der Waals surface area contributed by atoms with Crippen molar-refractivity contribution in [3.8, 4) is 0 Å². The van der Waals surface area contributed by atoms with Gasteiger partial charge in [0.2, 0.25) is 0 Å². The topological polar surface area (TPSA) is 102 Å². The van der Waals surface area contributed by atoms with Crippen LogP contribution < -0.4 is 0 Å². The molecule has 0 aliphatic carbocycles. The average Bonchev–Trinajstić information content (AvgIpc) is 3.21. The number of hydrogen-bond acceptors (Lipinski definition) is 11. The van der Waals surface area contributed by atoms with Gasteiger partial charge in [0.25, 0.3) is 23.6 Å². The van der Waals surface area contributed by atoms with E-state index in [1.54, 1.807) is 41.0 Å². The average molecular weight is 971 g/mol. The van der Waals surface area contributed by atoms with E-state index in [0.29, 0.717) is 21.4 Å². The Balaban J connectivity index is 0.000000275. The zero-order chi connectivity index (χ0) is 46.7. The van der Waals surface area contributed by atoms with Crippen molar-refractivity contribution in [3.05, 3.63) is 82.9 Å². The van der Waals surface area contributed by atoms with E-state index in [1.165, 1.54) is 48.2 Å². The molecule has 4 amide bonds. The molecule has 62 heavy (non-hydrogen) atoms. The molecule has 25 heteroatoms. The number of imide groups is 2. The Kier molecular flexibility index (Phi) is 15.9. The van der Waals surface area contributed by atoms with E-state index in [1.807, 2.05) is 34.6 Å². The smallest absolute Gasteiger partial charge is 0.266 e. The lowest BCUT2D eigenvalue weighted by molar-refractivity contribution is -0.458. The fourth-order valence-corrected chi connectivity index (χ4v) is 8.33. The maximum absolute atomic E-state index is 14.1. The van der Waals surface area contributed by atoms with Crippen molar-refractivity contribution >= 4 is 92.8 Å². The first-order valence-corrected chi connectivity index (χ1v) is 21.0. The summed E-state index contributed by atoms with van der Waals surface area (Å²) >= 11 is 0.256. The van der Waals surface area contributed by atoms with Crippen LogP contribution in [-0.2, 0) is 13.5 Å². The van der Waals surface area contributed by atoms with Crippen molar-refractivity contribution in [2.75, 3.05) is 5.75 Å². The van der Waals surface area contributed by atoms with Crippen LogP contribution in [0.1, 0.15) is 82.5 Å². The van der Waals surface area contributed by atoms with Gasteiger partial charge in [0.1, 0.15) is 24.1 Å². The summed E-state index contributed by atoms with van der Waals surface area (Å²) in [5.41, 5.74) is -4.96. The van der Waals surface area contributed by atoms with Gasteiger partial charge in [-0.1, -0.05) is 58.9 Å². The summed E-state index contributed by atoms with van der Waals surface area (Å²) in [4.78, 5) is 53.7. The molecule has 1 unspecified atom stereocenters. The third kappa shape index (κ3) is 9.77. The number of carbonyl (C=O) groups excluding carboxylic acids is 4. The molecule has 0 spiro atoms. The molecule has 4 aromatic rings. The molecule has 0 radical (unpaired) electrons. The Hall–Kier alpha value is -3.88. The van der Waals surface area contributed by atoms with Gasteiger partial charge >= 0.3 is 28.7 Å². The highest BCUT2D eigenvalue weighted by molar-refractivity contribution is 8.00.